The normalized spacial score (nSPS) is 13.8. The lowest BCUT2D eigenvalue weighted by atomic mass is 10.1. The van der Waals surface area contributed by atoms with Crippen molar-refractivity contribution < 1.29 is 28.6 Å². The molecule has 0 fully saturated rings. The first-order chi connectivity index (χ1) is 40.0. The van der Waals surface area contributed by atoms with Crippen LogP contribution in [0.2, 0.25) is 0 Å². The number of carbonyl (C=O) groups excluding carboxylic acids is 3. The predicted molar refractivity (Wildman–Crippen MR) is 352 cm³/mol. The predicted octanol–water partition coefficient (Wildman–Crippen LogP) is 21.5. The average Bonchev–Trinajstić information content (AvgIpc) is 3.46. The van der Waals surface area contributed by atoms with Gasteiger partial charge in [-0.15, -0.1) is 0 Å². The zero-order valence-corrected chi connectivity index (χ0v) is 50.7. The number of hydrogen-bond acceptors (Lipinski definition) is 6. The van der Waals surface area contributed by atoms with Gasteiger partial charge in [0.2, 0.25) is 0 Å². The van der Waals surface area contributed by atoms with Crippen molar-refractivity contribution in [2.75, 3.05) is 13.2 Å². The molecule has 0 spiro atoms. The van der Waals surface area contributed by atoms with Gasteiger partial charge in [-0.05, 0) is 154 Å². The van der Waals surface area contributed by atoms with Crippen LogP contribution in [0.25, 0.3) is 0 Å². The molecule has 0 aromatic rings. The smallest absolute Gasteiger partial charge is 0.306 e. The van der Waals surface area contributed by atoms with Crippen LogP contribution < -0.4 is 0 Å². The molecule has 0 amide bonds. The molecule has 0 aliphatic carbocycles. The molecule has 0 heterocycles. The fourth-order valence-corrected chi connectivity index (χ4v) is 7.18. The van der Waals surface area contributed by atoms with E-state index >= 15 is 0 Å². The van der Waals surface area contributed by atoms with Gasteiger partial charge < -0.3 is 14.2 Å². The Kier molecular flexibility index (Phi) is 60.7. The molecule has 0 saturated carbocycles. The molecule has 0 aliphatic heterocycles. The van der Waals surface area contributed by atoms with Gasteiger partial charge in [0.05, 0.1) is 0 Å². The summed E-state index contributed by atoms with van der Waals surface area (Å²) in [6.07, 6.45) is 105. The first kappa shape index (κ1) is 74.5. The highest BCUT2D eigenvalue weighted by Gasteiger charge is 2.19. The largest absolute Gasteiger partial charge is 0.462 e. The van der Waals surface area contributed by atoms with Gasteiger partial charge in [0.25, 0.3) is 0 Å². The van der Waals surface area contributed by atoms with E-state index in [0.717, 1.165) is 141 Å². The number of unbranched alkanes of at least 4 members (excludes halogenated alkanes) is 3. The molecule has 0 bridgehead atoms. The monoisotopic (exact) mass is 1100 g/mol. The number of hydrogen-bond donors (Lipinski definition) is 0. The van der Waals surface area contributed by atoms with Gasteiger partial charge in [-0.25, -0.2) is 0 Å². The Bertz CT molecular complexity index is 2090. The number of rotatable bonds is 52. The number of carbonyl (C=O) groups is 3. The summed E-state index contributed by atoms with van der Waals surface area (Å²) in [5, 5.41) is 0. The Labute approximate surface area is 494 Å². The average molecular weight is 1110 g/mol. The topological polar surface area (TPSA) is 78.9 Å². The van der Waals surface area contributed by atoms with Crippen LogP contribution in [0, 0.1) is 0 Å². The third kappa shape index (κ3) is 64.2. The number of esters is 3. The highest BCUT2D eigenvalue weighted by Crippen LogP contribution is 2.09. The molecular weight excluding hydrogens is 997 g/mol. The minimum Gasteiger partial charge on any atom is -0.462 e. The Morgan fingerprint density at radius 3 is 0.741 bits per heavy atom. The first-order valence-electron chi connectivity index (χ1n) is 30.9. The lowest BCUT2D eigenvalue weighted by Crippen LogP contribution is -2.30. The molecule has 6 nitrogen and oxygen atoms in total. The summed E-state index contributed by atoms with van der Waals surface area (Å²) in [6, 6.07) is 0. The van der Waals surface area contributed by atoms with Crippen LogP contribution in [0.4, 0.5) is 0 Å². The number of allylic oxidation sites excluding steroid dienone is 38. The second-order valence-electron chi connectivity index (χ2n) is 19.1. The standard InChI is InChI=1S/C75H108O6/c1-4-7-10-13-16-19-22-25-27-29-31-32-33-34-35-36-37-38-39-40-41-42-44-45-47-50-53-56-59-62-65-68-74(77)80-71-72(70-79-73(76)67-64-61-58-55-52-49-24-21-18-15-12-9-6-3)81-75(78)69-66-63-60-57-54-51-48-46-43-30-28-26-23-20-17-14-11-8-5-2/h7-12,16-21,25-28,31-32,34-35,37-38,40-41,43-46,49-54,58,60-61,63,72H,4-6,13-15,22-24,29-30,33,36,39,42,47-48,55-57,59,62,64-71H2,1-3H3/b10-7-,11-8-,12-9-,19-16-,20-17-,21-18-,27-25-,28-26-,32-31-,35-34-,38-37-,41-40-,45-44-,46-43-,52-49-,53-50-,54-51-,61-58-,63-60-. The van der Waals surface area contributed by atoms with Crippen LogP contribution in [0.3, 0.4) is 0 Å². The summed E-state index contributed by atoms with van der Waals surface area (Å²) in [7, 11) is 0. The molecule has 0 aliphatic rings. The Balaban J connectivity index is 4.57. The van der Waals surface area contributed by atoms with E-state index in [4.69, 9.17) is 14.2 Å². The van der Waals surface area contributed by atoms with Crippen LogP contribution >= 0.6 is 0 Å². The van der Waals surface area contributed by atoms with Crippen LogP contribution in [-0.2, 0) is 28.6 Å². The fraction of sp³-hybridized carbons (Fsp3) is 0.453. The fourth-order valence-electron chi connectivity index (χ4n) is 7.18. The van der Waals surface area contributed by atoms with Crippen molar-refractivity contribution in [3.63, 3.8) is 0 Å². The van der Waals surface area contributed by atoms with E-state index in [1.807, 2.05) is 24.3 Å². The van der Waals surface area contributed by atoms with Gasteiger partial charge in [0, 0.05) is 19.3 Å². The SMILES string of the molecule is CC/C=C\C/C=C\C/C=C\C/C=C\C/C=C\C/C=C\C/C=C\C/C=C\C/C=C\CCCCCC(=O)OCC(COC(=O)CC/C=C\C/C=C\C/C=C\C/C=C\CC)OC(=O)CC/C=C\C/C=C\C/C=C\C/C=C\C/C=C\C/C=C\CC. The molecule has 0 radical (unpaired) electrons. The van der Waals surface area contributed by atoms with Crippen molar-refractivity contribution in [3.05, 3.63) is 231 Å². The van der Waals surface area contributed by atoms with Crippen molar-refractivity contribution in [1.82, 2.24) is 0 Å². The van der Waals surface area contributed by atoms with Crippen LogP contribution in [-0.4, -0.2) is 37.2 Å². The molecule has 6 heteroatoms. The van der Waals surface area contributed by atoms with Gasteiger partial charge in [-0.3, -0.25) is 14.4 Å². The van der Waals surface area contributed by atoms with Crippen molar-refractivity contribution in [2.24, 2.45) is 0 Å². The maximum atomic E-state index is 12.8. The van der Waals surface area contributed by atoms with Gasteiger partial charge in [0.15, 0.2) is 6.10 Å². The third-order valence-electron chi connectivity index (χ3n) is 11.7. The van der Waals surface area contributed by atoms with E-state index in [-0.39, 0.29) is 38.4 Å². The zero-order valence-electron chi connectivity index (χ0n) is 50.7. The maximum Gasteiger partial charge on any atom is 0.306 e. The van der Waals surface area contributed by atoms with E-state index in [0.29, 0.717) is 19.3 Å². The summed E-state index contributed by atoms with van der Waals surface area (Å²) >= 11 is 0. The summed E-state index contributed by atoms with van der Waals surface area (Å²) in [6.45, 7) is 6.10. The van der Waals surface area contributed by atoms with Crippen LogP contribution in [0.15, 0.2) is 231 Å². The minimum atomic E-state index is -0.878. The maximum absolute atomic E-state index is 12.8. The van der Waals surface area contributed by atoms with E-state index in [9.17, 15) is 14.4 Å². The molecule has 1 unspecified atom stereocenters. The molecule has 0 aromatic carbocycles. The summed E-state index contributed by atoms with van der Waals surface area (Å²) < 4.78 is 16.7. The third-order valence-corrected chi connectivity index (χ3v) is 11.7. The van der Waals surface area contributed by atoms with E-state index in [2.05, 4.69) is 227 Å². The highest BCUT2D eigenvalue weighted by atomic mass is 16.6. The molecule has 0 saturated heterocycles. The zero-order chi connectivity index (χ0) is 58.5. The molecule has 444 valence electrons. The second-order valence-corrected chi connectivity index (χ2v) is 19.1. The second kappa shape index (κ2) is 66.0. The lowest BCUT2D eigenvalue weighted by molar-refractivity contribution is -0.166. The van der Waals surface area contributed by atoms with Gasteiger partial charge in [-0.2, -0.15) is 0 Å². The van der Waals surface area contributed by atoms with Crippen molar-refractivity contribution in [2.45, 2.75) is 207 Å². The molecule has 1 atom stereocenters. The number of ether oxygens (including phenoxy) is 3. The molecule has 0 aromatic heterocycles. The molecule has 81 heavy (non-hydrogen) atoms. The molecular formula is C75H108O6. The Morgan fingerprint density at radius 1 is 0.247 bits per heavy atom. The van der Waals surface area contributed by atoms with Crippen molar-refractivity contribution >= 4 is 17.9 Å². The van der Waals surface area contributed by atoms with Gasteiger partial charge in [-0.1, -0.05) is 258 Å². The van der Waals surface area contributed by atoms with Crippen LogP contribution in [0.5, 0.6) is 0 Å². The molecule has 0 N–H and O–H groups in total. The van der Waals surface area contributed by atoms with E-state index in [1.165, 1.54) is 0 Å². The minimum absolute atomic E-state index is 0.163. The highest BCUT2D eigenvalue weighted by molar-refractivity contribution is 5.71. The quantitative estimate of drug-likeness (QED) is 0.0261. The summed E-state index contributed by atoms with van der Waals surface area (Å²) in [5.41, 5.74) is 0. The van der Waals surface area contributed by atoms with Crippen molar-refractivity contribution in [1.29, 1.82) is 0 Å². The summed E-state index contributed by atoms with van der Waals surface area (Å²) in [4.78, 5) is 38.1. The Morgan fingerprint density at radius 2 is 0.469 bits per heavy atom. The first-order valence-corrected chi connectivity index (χ1v) is 30.9. The van der Waals surface area contributed by atoms with E-state index < -0.39 is 18.0 Å². The van der Waals surface area contributed by atoms with Gasteiger partial charge >= 0.3 is 17.9 Å². The van der Waals surface area contributed by atoms with Gasteiger partial charge in [0.1, 0.15) is 13.2 Å². The lowest BCUT2D eigenvalue weighted by Gasteiger charge is -2.18. The molecule has 0 rings (SSSR count). The summed E-state index contributed by atoms with van der Waals surface area (Å²) in [5.74, 6) is -1.18. The van der Waals surface area contributed by atoms with E-state index in [1.54, 1.807) is 0 Å². The Hall–Kier alpha value is -6.53. The van der Waals surface area contributed by atoms with Crippen molar-refractivity contribution in [3.8, 4) is 0 Å². The van der Waals surface area contributed by atoms with Crippen LogP contribution in [0.1, 0.15) is 201 Å².